The van der Waals surface area contributed by atoms with E-state index in [1.165, 1.54) is 20.3 Å². The van der Waals surface area contributed by atoms with Crippen molar-refractivity contribution in [1.29, 1.82) is 0 Å². The van der Waals surface area contributed by atoms with Crippen molar-refractivity contribution in [2.24, 2.45) is 0 Å². The minimum atomic E-state index is -0.783. The molecule has 5 rings (SSSR count). The van der Waals surface area contributed by atoms with E-state index in [-0.39, 0.29) is 23.7 Å². The number of hydrogen-bond donors (Lipinski definition) is 0. The van der Waals surface area contributed by atoms with Gasteiger partial charge in [0.2, 0.25) is 0 Å². The number of ketones is 1. The van der Waals surface area contributed by atoms with Gasteiger partial charge in [-0.2, -0.15) is 0 Å². The third-order valence-corrected chi connectivity index (χ3v) is 5.65. The minimum absolute atomic E-state index is 0.152. The number of benzene rings is 2. The predicted molar refractivity (Wildman–Crippen MR) is 107 cm³/mol. The Balaban J connectivity index is 1.63. The second-order valence-corrected chi connectivity index (χ2v) is 8.07. The Hall–Kier alpha value is -3.22. The smallest absolute Gasteiger partial charge is 0.178 e. The van der Waals surface area contributed by atoms with E-state index < -0.39 is 23.4 Å². The van der Waals surface area contributed by atoms with Crippen LogP contribution in [0.5, 0.6) is 28.7 Å². The molecular formula is C23H21FO6. The Morgan fingerprint density at radius 3 is 2.57 bits per heavy atom. The zero-order chi connectivity index (χ0) is 21.2. The van der Waals surface area contributed by atoms with Crippen LogP contribution in [0.25, 0.3) is 5.83 Å². The molecule has 3 aliphatic heterocycles. The number of carbonyl (C=O) groups excluding carboxylic acids is 1. The van der Waals surface area contributed by atoms with E-state index >= 15 is 0 Å². The van der Waals surface area contributed by atoms with Crippen LogP contribution in [0.3, 0.4) is 0 Å². The number of Topliss-reactive ketones (excluding diaryl/α,β-unsaturated/α-hetero) is 1. The normalized spacial score (nSPS) is 22.7. The molecule has 0 spiro atoms. The van der Waals surface area contributed by atoms with Crippen LogP contribution in [0.15, 0.2) is 30.3 Å². The first-order valence-corrected chi connectivity index (χ1v) is 9.67. The first-order chi connectivity index (χ1) is 14.3. The lowest BCUT2D eigenvalue weighted by atomic mass is 9.81. The molecule has 0 saturated carbocycles. The molecule has 0 aliphatic carbocycles. The summed E-state index contributed by atoms with van der Waals surface area (Å²) in [5, 5.41) is 0. The summed E-state index contributed by atoms with van der Waals surface area (Å²) in [5.41, 5.74) is 0.376. The third kappa shape index (κ3) is 2.65. The average Bonchev–Trinajstić information content (AvgIpc) is 2.70. The molecule has 30 heavy (non-hydrogen) atoms. The van der Waals surface area contributed by atoms with Gasteiger partial charge >= 0.3 is 0 Å². The van der Waals surface area contributed by atoms with Crippen LogP contribution < -0.4 is 23.7 Å². The van der Waals surface area contributed by atoms with Crippen molar-refractivity contribution in [3.63, 3.8) is 0 Å². The van der Waals surface area contributed by atoms with Gasteiger partial charge in [-0.05, 0) is 38.1 Å². The van der Waals surface area contributed by atoms with E-state index in [4.69, 9.17) is 23.7 Å². The largest absolute Gasteiger partial charge is 0.493 e. The van der Waals surface area contributed by atoms with Crippen LogP contribution in [0.2, 0.25) is 0 Å². The number of carbonyl (C=O) groups is 1. The topological polar surface area (TPSA) is 63.2 Å². The number of halogens is 1. The van der Waals surface area contributed by atoms with E-state index in [0.717, 1.165) is 0 Å². The molecule has 2 aromatic rings. The van der Waals surface area contributed by atoms with Crippen LogP contribution in [0, 0.1) is 0 Å². The first-order valence-electron chi connectivity index (χ1n) is 9.67. The van der Waals surface area contributed by atoms with Gasteiger partial charge in [0.25, 0.3) is 0 Å². The molecule has 3 heterocycles. The van der Waals surface area contributed by atoms with Gasteiger partial charge in [-0.15, -0.1) is 0 Å². The molecule has 3 aliphatic rings. The molecular weight excluding hydrogens is 390 g/mol. The lowest BCUT2D eigenvalue weighted by molar-refractivity contribution is 0.0551. The van der Waals surface area contributed by atoms with Crippen LogP contribution in [-0.4, -0.2) is 38.3 Å². The Labute approximate surface area is 173 Å². The lowest BCUT2D eigenvalue weighted by Crippen LogP contribution is -2.43. The summed E-state index contributed by atoms with van der Waals surface area (Å²) in [6, 6.07) is 6.70. The third-order valence-electron chi connectivity index (χ3n) is 5.65. The minimum Gasteiger partial charge on any atom is -0.493 e. The van der Waals surface area contributed by atoms with Crippen molar-refractivity contribution in [2.45, 2.75) is 31.5 Å². The standard InChI is InChI=1S/C23H21FO6/c1-23(2)9-13(24)20-14(30-23)6-5-11-21(25)19-12-7-16(26-3)17(27-4)8-15(12)28-10-18(19)29-22(11)20/h5-9,18-19H,10H2,1-4H3/t18-,19+/m1/s1/i24-1. The van der Waals surface area contributed by atoms with E-state index in [1.54, 1.807) is 38.1 Å². The molecule has 2 aromatic carbocycles. The summed E-state index contributed by atoms with van der Waals surface area (Å²) in [7, 11) is 3.07. The average molecular weight is 411 g/mol. The molecule has 0 unspecified atom stereocenters. The van der Waals surface area contributed by atoms with Gasteiger partial charge in [0.05, 0.1) is 31.3 Å². The van der Waals surface area contributed by atoms with Gasteiger partial charge < -0.3 is 23.7 Å². The van der Waals surface area contributed by atoms with Gasteiger partial charge in [0.1, 0.15) is 41.4 Å². The van der Waals surface area contributed by atoms with Gasteiger partial charge in [-0.3, -0.25) is 4.79 Å². The first kappa shape index (κ1) is 18.8. The molecule has 0 bridgehead atoms. The van der Waals surface area contributed by atoms with Gasteiger partial charge in [-0.25, -0.2) is 4.39 Å². The van der Waals surface area contributed by atoms with Crippen LogP contribution in [0.1, 0.15) is 41.3 Å². The Bertz CT molecular complexity index is 1100. The number of methoxy groups -OCH3 is 2. The van der Waals surface area contributed by atoms with Gasteiger partial charge in [-0.1, -0.05) is 0 Å². The maximum absolute atomic E-state index is 15.0. The molecule has 0 fully saturated rings. The van der Waals surface area contributed by atoms with Crippen LogP contribution in [0.4, 0.5) is 4.39 Å². The summed E-state index contributed by atoms with van der Waals surface area (Å²) >= 11 is 0. The lowest BCUT2D eigenvalue weighted by Gasteiger charge is -2.39. The summed E-state index contributed by atoms with van der Waals surface area (Å²) < 4.78 is 43.5. The Kier molecular flexibility index (Phi) is 4.00. The molecule has 0 aromatic heterocycles. The van der Waals surface area contributed by atoms with Crippen LogP contribution >= 0.6 is 0 Å². The summed E-state index contributed by atoms with van der Waals surface area (Å²) in [5.74, 6) is 0.903. The highest BCUT2D eigenvalue weighted by atomic mass is 18.2. The fraction of sp³-hybridized carbons (Fsp3) is 0.348. The van der Waals surface area contributed by atoms with E-state index in [0.29, 0.717) is 34.1 Å². The Morgan fingerprint density at radius 2 is 1.83 bits per heavy atom. The van der Waals surface area contributed by atoms with Gasteiger partial charge in [0, 0.05) is 11.6 Å². The molecule has 0 radical (unpaired) electrons. The zero-order valence-corrected chi connectivity index (χ0v) is 17.1. The maximum atomic E-state index is 15.0. The molecule has 0 N–H and O–H groups in total. The molecule has 0 amide bonds. The highest BCUT2D eigenvalue weighted by Gasteiger charge is 2.45. The fourth-order valence-corrected chi connectivity index (χ4v) is 4.33. The molecule has 2 atom stereocenters. The van der Waals surface area contributed by atoms with Crippen molar-refractivity contribution in [3.8, 4) is 28.7 Å². The van der Waals surface area contributed by atoms with E-state index in [1.807, 2.05) is 0 Å². The number of ether oxygens (including phenoxy) is 5. The number of hydrogen-bond acceptors (Lipinski definition) is 6. The van der Waals surface area contributed by atoms with E-state index in [9.17, 15) is 9.18 Å². The fourth-order valence-electron chi connectivity index (χ4n) is 4.33. The monoisotopic (exact) mass is 411 g/mol. The van der Waals surface area contributed by atoms with Crippen molar-refractivity contribution in [3.05, 3.63) is 47.0 Å². The Morgan fingerprint density at radius 1 is 1.10 bits per heavy atom. The van der Waals surface area contributed by atoms with Gasteiger partial charge in [0.15, 0.2) is 17.3 Å². The van der Waals surface area contributed by atoms with Crippen LogP contribution in [-0.2, 0) is 0 Å². The van der Waals surface area contributed by atoms with Crippen molar-refractivity contribution in [1.82, 2.24) is 0 Å². The molecule has 6 nitrogen and oxygen atoms in total. The number of fused-ring (bicyclic) bond motifs is 6. The van der Waals surface area contributed by atoms with Crippen molar-refractivity contribution in [2.75, 3.05) is 20.8 Å². The molecule has 156 valence electrons. The summed E-state index contributed by atoms with van der Waals surface area (Å²) in [6.45, 7) is 3.69. The highest BCUT2D eigenvalue weighted by Crippen LogP contribution is 2.51. The number of rotatable bonds is 2. The molecule has 0 saturated heterocycles. The quantitative estimate of drug-likeness (QED) is 0.734. The van der Waals surface area contributed by atoms with Crippen molar-refractivity contribution >= 4 is 11.6 Å². The summed E-state index contributed by atoms with van der Waals surface area (Å²) in [4.78, 5) is 13.5. The second-order valence-electron chi connectivity index (χ2n) is 8.07. The second kappa shape index (κ2) is 6.39. The van der Waals surface area contributed by atoms with Crippen molar-refractivity contribution < 1.29 is 32.9 Å². The zero-order valence-electron chi connectivity index (χ0n) is 17.1. The maximum Gasteiger partial charge on any atom is 0.178 e. The SMILES string of the molecule is COc1cc2c(cc1OC)[C@@H]1C(=O)c3ccc4c(c3O[C@@H]1CO2)C([18F])=CC(C)(C)O4. The van der Waals surface area contributed by atoms with E-state index in [2.05, 4.69) is 0 Å². The predicted octanol–water partition coefficient (Wildman–Crippen LogP) is 4.31. The summed E-state index contributed by atoms with van der Waals surface area (Å²) in [6.07, 6.45) is 0.796. The highest BCUT2D eigenvalue weighted by molar-refractivity contribution is 6.06. The molecule has 7 heteroatoms.